The van der Waals surface area contributed by atoms with Crippen molar-refractivity contribution >= 4 is 11.6 Å². The van der Waals surface area contributed by atoms with Crippen molar-refractivity contribution in [3.8, 4) is 11.5 Å². The van der Waals surface area contributed by atoms with Gasteiger partial charge in [0.05, 0.1) is 17.9 Å². The van der Waals surface area contributed by atoms with E-state index in [1.54, 1.807) is 5.01 Å². The molecule has 0 saturated heterocycles. The highest BCUT2D eigenvalue weighted by Crippen LogP contribution is 2.32. The van der Waals surface area contributed by atoms with Gasteiger partial charge >= 0.3 is 0 Å². The second-order valence-corrected chi connectivity index (χ2v) is 7.97. The third-order valence-corrected chi connectivity index (χ3v) is 5.00. The fourth-order valence-electron chi connectivity index (χ4n) is 3.49. The van der Waals surface area contributed by atoms with Crippen molar-refractivity contribution < 1.29 is 14.6 Å². The fraction of sp³-hybridized carbons (Fsp3) is 0.391. The number of carbonyl (C=O) groups excluding carboxylic acids is 1. The standard InChI is InChI=1S/C23H28N2O3/c1-16-13-18(14-17(2)22(16)27)20-15-23(3,4)25(24-20)21(26)11-8-12-28-19-9-6-5-7-10-19/h5-7,9-10,13-14,27H,8,11-12,15H2,1-4H3. The number of phenolic OH excluding ortho intramolecular Hbond substituents is 1. The Hall–Kier alpha value is -2.82. The number of rotatable bonds is 6. The number of hydrogen-bond acceptors (Lipinski definition) is 4. The summed E-state index contributed by atoms with van der Waals surface area (Å²) < 4.78 is 5.67. The predicted octanol–water partition coefficient (Wildman–Crippen LogP) is 4.58. The van der Waals surface area contributed by atoms with Gasteiger partial charge in [-0.05, 0) is 75.1 Å². The number of aryl methyl sites for hydroxylation is 2. The lowest BCUT2D eigenvalue weighted by Gasteiger charge is -2.28. The molecule has 1 heterocycles. The first-order valence-corrected chi connectivity index (χ1v) is 9.67. The third kappa shape index (κ3) is 4.35. The van der Waals surface area contributed by atoms with Crippen LogP contribution < -0.4 is 4.74 Å². The van der Waals surface area contributed by atoms with Crippen molar-refractivity contribution in [2.24, 2.45) is 5.10 Å². The van der Waals surface area contributed by atoms with Gasteiger partial charge < -0.3 is 9.84 Å². The normalized spacial score (nSPS) is 15.4. The minimum absolute atomic E-state index is 0.00360. The van der Waals surface area contributed by atoms with E-state index < -0.39 is 0 Å². The van der Waals surface area contributed by atoms with Crippen molar-refractivity contribution in [1.82, 2.24) is 5.01 Å². The number of ether oxygens (including phenoxy) is 1. The molecule has 28 heavy (non-hydrogen) atoms. The smallest absolute Gasteiger partial charge is 0.243 e. The first-order chi connectivity index (χ1) is 13.3. The van der Waals surface area contributed by atoms with Crippen LogP contribution in [0, 0.1) is 13.8 Å². The third-order valence-electron chi connectivity index (χ3n) is 5.00. The summed E-state index contributed by atoms with van der Waals surface area (Å²) in [6, 6.07) is 13.5. The second-order valence-electron chi connectivity index (χ2n) is 7.97. The molecule has 0 unspecified atom stereocenters. The number of hydrazone groups is 1. The number of hydrogen-bond donors (Lipinski definition) is 1. The van der Waals surface area contributed by atoms with Crippen LogP contribution in [0.25, 0.3) is 0 Å². The zero-order chi connectivity index (χ0) is 20.3. The van der Waals surface area contributed by atoms with Gasteiger partial charge in [0.25, 0.3) is 0 Å². The number of carbonyl (C=O) groups is 1. The lowest BCUT2D eigenvalue weighted by atomic mass is 9.93. The minimum atomic E-state index is -0.369. The van der Waals surface area contributed by atoms with E-state index in [0.717, 1.165) is 28.2 Å². The summed E-state index contributed by atoms with van der Waals surface area (Å²) in [6.07, 6.45) is 1.71. The highest BCUT2D eigenvalue weighted by atomic mass is 16.5. The van der Waals surface area contributed by atoms with Gasteiger partial charge in [0.15, 0.2) is 0 Å². The summed E-state index contributed by atoms with van der Waals surface area (Å²) in [5, 5.41) is 16.3. The Balaban J connectivity index is 1.64. The van der Waals surface area contributed by atoms with Gasteiger partial charge in [0.1, 0.15) is 11.5 Å². The van der Waals surface area contributed by atoms with E-state index in [4.69, 9.17) is 4.74 Å². The molecule has 0 atom stereocenters. The number of para-hydroxylation sites is 1. The van der Waals surface area contributed by atoms with Crippen LogP contribution in [-0.2, 0) is 4.79 Å². The average molecular weight is 380 g/mol. The van der Waals surface area contributed by atoms with Gasteiger partial charge in [0.2, 0.25) is 5.91 Å². The molecule has 2 aromatic carbocycles. The maximum Gasteiger partial charge on any atom is 0.243 e. The predicted molar refractivity (Wildman–Crippen MR) is 111 cm³/mol. The Morgan fingerprint density at radius 2 is 1.82 bits per heavy atom. The van der Waals surface area contributed by atoms with Gasteiger partial charge in [-0.25, -0.2) is 5.01 Å². The lowest BCUT2D eigenvalue weighted by Crippen LogP contribution is -2.40. The summed E-state index contributed by atoms with van der Waals surface area (Å²) in [5.74, 6) is 1.13. The van der Waals surface area contributed by atoms with E-state index in [1.807, 2.05) is 70.2 Å². The molecule has 148 valence electrons. The SMILES string of the molecule is Cc1cc(C2=NN(C(=O)CCCOc3ccccc3)C(C)(C)C2)cc(C)c1O. The van der Waals surface area contributed by atoms with E-state index in [2.05, 4.69) is 5.10 Å². The quantitative estimate of drug-likeness (QED) is 0.746. The zero-order valence-corrected chi connectivity index (χ0v) is 17.0. The summed E-state index contributed by atoms with van der Waals surface area (Å²) in [7, 11) is 0. The molecule has 5 heteroatoms. The molecule has 0 aliphatic carbocycles. The Kier molecular flexibility index (Phi) is 5.73. The van der Waals surface area contributed by atoms with Gasteiger partial charge in [-0.1, -0.05) is 18.2 Å². The van der Waals surface area contributed by atoms with Crippen LogP contribution in [0.15, 0.2) is 47.6 Å². The second kappa shape index (κ2) is 8.05. The van der Waals surface area contributed by atoms with Gasteiger partial charge in [-0.3, -0.25) is 4.79 Å². The molecule has 0 spiro atoms. The van der Waals surface area contributed by atoms with Crippen LogP contribution >= 0.6 is 0 Å². The van der Waals surface area contributed by atoms with Crippen molar-refractivity contribution in [3.05, 3.63) is 59.2 Å². The Morgan fingerprint density at radius 1 is 1.18 bits per heavy atom. The molecule has 1 N–H and O–H groups in total. The summed E-state index contributed by atoms with van der Waals surface area (Å²) in [6.45, 7) is 8.31. The summed E-state index contributed by atoms with van der Waals surface area (Å²) in [4.78, 5) is 12.8. The number of phenols is 1. The highest BCUT2D eigenvalue weighted by Gasteiger charge is 2.38. The van der Waals surface area contributed by atoms with E-state index >= 15 is 0 Å². The Bertz CT molecular complexity index is 865. The molecule has 0 saturated carbocycles. The van der Waals surface area contributed by atoms with E-state index in [-0.39, 0.29) is 11.4 Å². The maximum atomic E-state index is 12.8. The maximum absolute atomic E-state index is 12.8. The Morgan fingerprint density at radius 3 is 2.46 bits per heavy atom. The topological polar surface area (TPSA) is 62.1 Å². The monoisotopic (exact) mass is 380 g/mol. The summed E-state index contributed by atoms with van der Waals surface area (Å²) >= 11 is 0. The Labute approximate surface area is 166 Å². The van der Waals surface area contributed by atoms with Crippen molar-refractivity contribution in [2.75, 3.05) is 6.61 Å². The van der Waals surface area contributed by atoms with Crippen LogP contribution in [-0.4, -0.2) is 33.9 Å². The number of amides is 1. The molecule has 3 rings (SSSR count). The lowest BCUT2D eigenvalue weighted by molar-refractivity contribution is -0.135. The van der Waals surface area contributed by atoms with E-state index in [9.17, 15) is 9.90 Å². The van der Waals surface area contributed by atoms with Crippen molar-refractivity contribution in [3.63, 3.8) is 0 Å². The summed E-state index contributed by atoms with van der Waals surface area (Å²) in [5.41, 5.74) is 3.11. The van der Waals surface area contributed by atoms with Crippen molar-refractivity contribution in [2.45, 2.75) is 52.5 Å². The van der Waals surface area contributed by atoms with Gasteiger partial charge in [-0.2, -0.15) is 5.10 Å². The van der Waals surface area contributed by atoms with Gasteiger partial charge in [-0.15, -0.1) is 0 Å². The molecule has 1 aliphatic rings. The largest absolute Gasteiger partial charge is 0.507 e. The van der Waals surface area contributed by atoms with Crippen LogP contribution in [0.2, 0.25) is 0 Å². The fourth-order valence-corrected chi connectivity index (χ4v) is 3.49. The highest BCUT2D eigenvalue weighted by molar-refractivity contribution is 6.04. The molecule has 0 aromatic heterocycles. The van der Waals surface area contributed by atoms with Gasteiger partial charge in [0, 0.05) is 12.8 Å². The van der Waals surface area contributed by atoms with Crippen LogP contribution in [0.5, 0.6) is 11.5 Å². The number of aromatic hydroxyl groups is 1. The number of nitrogens with zero attached hydrogens (tertiary/aromatic N) is 2. The molecule has 0 radical (unpaired) electrons. The molecule has 2 aromatic rings. The first kappa shape index (κ1) is 19.9. The van der Waals surface area contributed by atoms with Crippen LogP contribution in [0.1, 0.15) is 49.8 Å². The molecular formula is C23H28N2O3. The first-order valence-electron chi connectivity index (χ1n) is 9.67. The average Bonchev–Trinajstić information content (AvgIpc) is 2.99. The van der Waals surface area contributed by atoms with Crippen molar-refractivity contribution in [1.29, 1.82) is 0 Å². The molecule has 5 nitrogen and oxygen atoms in total. The molecular weight excluding hydrogens is 352 g/mol. The number of benzene rings is 2. The van der Waals surface area contributed by atoms with E-state index in [1.165, 1.54) is 0 Å². The minimum Gasteiger partial charge on any atom is -0.507 e. The van der Waals surface area contributed by atoms with Crippen LogP contribution in [0.4, 0.5) is 0 Å². The molecule has 0 bridgehead atoms. The molecule has 0 fully saturated rings. The molecule has 1 aliphatic heterocycles. The zero-order valence-electron chi connectivity index (χ0n) is 17.0. The van der Waals surface area contributed by atoms with Crippen LogP contribution in [0.3, 0.4) is 0 Å². The molecule has 1 amide bonds. The van der Waals surface area contributed by atoms with E-state index in [0.29, 0.717) is 31.6 Å².